The number of rotatable bonds is 7. The third kappa shape index (κ3) is 3.84. The number of hydrogen-bond acceptors (Lipinski definition) is 9. The SMILES string of the molecule is C=C1[C@@H](O)[C@@]2(O)OC[C@@]34[C@H]1[C@@H](OC(=O)C/C=C(\C)CCCCC)C(=O)O[C@@H]3C[C@H]1C(C)=CC(=O)[C@@H](O)[C@]1(C)[C@@H]24. The largest absolute Gasteiger partial charge is 0.459 e. The average molecular weight is 545 g/mol. The van der Waals surface area contributed by atoms with Gasteiger partial charge in [-0.2, -0.15) is 0 Å². The topological polar surface area (TPSA) is 140 Å². The van der Waals surface area contributed by atoms with Gasteiger partial charge in [0, 0.05) is 17.3 Å². The molecule has 2 saturated heterocycles. The number of carbonyl (C=O) groups excluding carboxylic acids is 3. The number of fused-ring (bicyclic) bond motifs is 1. The van der Waals surface area contributed by atoms with Crippen molar-refractivity contribution < 1.29 is 43.9 Å². The first kappa shape index (κ1) is 28.2. The van der Waals surface area contributed by atoms with Crippen LogP contribution in [0, 0.1) is 28.6 Å². The van der Waals surface area contributed by atoms with Crippen molar-refractivity contribution in [1.29, 1.82) is 0 Å². The molecule has 1 spiro atoms. The second-order valence-electron chi connectivity index (χ2n) is 12.4. The van der Waals surface area contributed by atoms with Crippen molar-refractivity contribution in [2.45, 2.75) is 96.4 Å². The Morgan fingerprint density at radius 2 is 1.97 bits per heavy atom. The van der Waals surface area contributed by atoms with Crippen molar-refractivity contribution in [1.82, 2.24) is 0 Å². The molecule has 9 heteroatoms. The minimum absolute atomic E-state index is 0.0270. The monoisotopic (exact) mass is 544 g/mol. The fourth-order valence-corrected chi connectivity index (χ4v) is 8.50. The van der Waals surface area contributed by atoms with Gasteiger partial charge in [0.2, 0.25) is 6.10 Å². The molecule has 39 heavy (non-hydrogen) atoms. The Labute approximate surface area is 228 Å². The van der Waals surface area contributed by atoms with Gasteiger partial charge in [0.15, 0.2) is 11.6 Å². The Morgan fingerprint density at radius 1 is 1.26 bits per heavy atom. The van der Waals surface area contributed by atoms with Crippen molar-refractivity contribution >= 4 is 17.7 Å². The fraction of sp³-hybridized carbons (Fsp3) is 0.700. The summed E-state index contributed by atoms with van der Waals surface area (Å²) in [6.45, 7) is 11.5. The summed E-state index contributed by atoms with van der Waals surface area (Å²) in [6, 6.07) is 0. The zero-order valence-corrected chi connectivity index (χ0v) is 23.1. The van der Waals surface area contributed by atoms with Gasteiger partial charge in [-0.1, -0.05) is 50.5 Å². The molecule has 4 fully saturated rings. The van der Waals surface area contributed by atoms with E-state index in [0.717, 1.165) is 31.3 Å². The van der Waals surface area contributed by atoms with Gasteiger partial charge in [0.05, 0.1) is 18.4 Å². The molecule has 0 aromatic rings. The van der Waals surface area contributed by atoms with Gasteiger partial charge in [-0.3, -0.25) is 9.59 Å². The van der Waals surface area contributed by atoms with Crippen LogP contribution >= 0.6 is 0 Å². The number of hydrogen-bond donors (Lipinski definition) is 3. The summed E-state index contributed by atoms with van der Waals surface area (Å²) < 4.78 is 17.6. The van der Waals surface area contributed by atoms with E-state index in [1.165, 1.54) is 6.08 Å². The van der Waals surface area contributed by atoms with E-state index in [1.807, 2.05) is 6.92 Å². The van der Waals surface area contributed by atoms with Crippen molar-refractivity contribution in [2.75, 3.05) is 6.61 Å². The van der Waals surface area contributed by atoms with Crippen molar-refractivity contribution in [3.63, 3.8) is 0 Å². The molecule has 0 radical (unpaired) electrons. The summed E-state index contributed by atoms with van der Waals surface area (Å²) >= 11 is 0. The molecule has 3 aliphatic carbocycles. The molecule has 9 nitrogen and oxygen atoms in total. The summed E-state index contributed by atoms with van der Waals surface area (Å²) in [5.41, 5.74) is -0.536. The van der Waals surface area contributed by atoms with Gasteiger partial charge in [0.1, 0.15) is 18.3 Å². The number of aliphatic hydroxyl groups excluding tert-OH is 2. The first-order valence-corrected chi connectivity index (χ1v) is 14.0. The maximum atomic E-state index is 13.4. The normalized spacial score (nSPS) is 44.8. The quantitative estimate of drug-likeness (QED) is 0.251. The number of aliphatic hydroxyl groups is 3. The molecule has 0 aromatic carbocycles. The minimum Gasteiger partial charge on any atom is -0.459 e. The highest BCUT2D eigenvalue weighted by molar-refractivity contribution is 5.96. The van der Waals surface area contributed by atoms with E-state index < -0.39 is 76.5 Å². The molecule has 2 aliphatic heterocycles. The van der Waals surface area contributed by atoms with Crippen LogP contribution in [0.15, 0.2) is 35.5 Å². The highest BCUT2D eigenvalue weighted by Crippen LogP contribution is 2.73. The van der Waals surface area contributed by atoms with E-state index in [9.17, 15) is 29.7 Å². The van der Waals surface area contributed by atoms with Gasteiger partial charge in [-0.15, -0.1) is 0 Å². The van der Waals surface area contributed by atoms with Gasteiger partial charge < -0.3 is 29.5 Å². The molecular weight excluding hydrogens is 504 g/mol. The van der Waals surface area contributed by atoms with E-state index in [2.05, 4.69) is 13.5 Å². The maximum absolute atomic E-state index is 13.4. The molecule has 2 saturated carbocycles. The number of ether oxygens (including phenoxy) is 3. The first-order chi connectivity index (χ1) is 18.3. The summed E-state index contributed by atoms with van der Waals surface area (Å²) in [7, 11) is 0. The molecular formula is C30H40O9. The number of carbonyl (C=O) groups is 3. The van der Waals surface area contributed by atoms with E-state index in [0.29, 0.717) is 5.57 Å². The van der Waals surface area contributed by atoms with Crippen LogP contribution in [-0.4, -0.2) is 69.9 Å². The van der Waals surface area contributed by atoms with E-state index in [-0.39, 0.29) is 25.0 Å². The Morgan fingerprint density at radius 3 is 2.67 bits per heavy atom. The lowest BCUT2D eigenvalue weighted by Gasteiger charge is -2.67. The van der Waals surface area contributed by atoms with Gasteiger partial charge in [-0.05, 0) is 50.7 Å². The van der Waals surface area contributed by atoms with Crippen LogP contribution < -0.4 is 0 Å². The van der Waals surface area contributed by atoms with Crippen molar-refractivity contribution in [3.8, 4) is 0 Å². The Bertz CT molecular complexity index is 1160. The second kappa shape index (κ2) is 9.65. The van der Waals surface area contributed by atoms with Crippen LogP contribution in [-0.2, 0) is 28.6 Å². The lowest BCUT2D eigenvalue weighted by Crippen LogP contribution is -2.76. The number of ketones is 1. The van der Waals surface area contributed by atoms with Crippen LogP contribution in [0.5, 0.6) is 0 Å². The van der Waals surface area contributed by atoms with Gasteiger partial charge in [0.25, 0.3) is 0 Å². The average Bonchev–Trinajstić information content (AvgIpc) is 3.17. The van der Waals surface area contributed by atoms with Crippen molar-refractivity contribution in [3.05, 3.63) is 35.5 Å². The van der Waals surface area contributed by atoms with Crippen molar-refractivity contribution in [2.24, 2.45) is 28.6 Å². The molecule has 214 valence electrons. The molecule has 0 amide bonds. The van der Waals surface area contributed by atoms with Crippen LogP contribution in [0.1, 0.15) is 66.2 Å². The summed E-state index contributed by atoms with van der Waals surface area (Å²) in [4.78, 5) is 39.2. The molecule has 3 N–H and O–H groups in total. The molecule has 5 aliphatic rings. The zero-order chi connectivity index (χ0) is 28.5. The Kier molecular flexibility index (Phi) is 6.98. The maximum Gasteiger partial charge on any atom is 0.348 e. The highest BCUT2D eigenvalue weighted by atomic mass is 16.7. The Balaban J connectivity index is 1.52. The summed E-state index contributed by atoms with van der Waals surface area (Å²) in [5.74, 6) is -6.39. The zero-order valence-electron chi connectivity index (χ0n) is 23.1. The highest BCUT2D eigenvalue weighted by Gasteiger charge is 2.83. The minimum atomic E-state index is -2.17. The van der Waals surface area contributed by atoms with E-state index in [4.69, 9.17) is 14.2 Å². The van der Waals surface area contributed by atoms with E-state index >= 15 is 0 Å². The predicted octanol–water partition coefficient (Wildman–Crippen LogP) is 2.52. The van der Waals surface area contributed by atoms with Crippen LogP contribution in [0.4, 0.5) is 0 Å². The molecule has 5 rings (SSSR count). The summed E-state index contributed by atoms with van der Waals surface area (Å²) in [6.07, 6.45) is 2.25. The third-order valence-corrected chi connectivity index (χ3v) is 10.3. The third-order valence-electron chi connectivity index (χ3n) is 10.3. The molecule has 0 unspecified atom stereocenters. The fourth-order valence-electron chi connectivity index (χ4n) is 8.50. The lowest BCUT2D eigenvalue weighted by atomic mass is 9.38. The smallest absolute Gasteiger partial charge is 0.348 e. The molecule has 0 aromatic heterocycles. The first-order valence-electron chi connectivity index (χ1n) is 14.0. The lowest BCUT2D eigenvalue weighted by molar-refractivity contribution is -0.311. The molecule has 10 atom stereocenters. The van der Waals surface area contributed by atoms with Crippen LogP contribution in [0.25, 0.3) is 0 Å². The second-order valence-corrected chi connectivity index (χ2v) is 12.4. The van der Waals surface area contributed by atoms with Crippen LogP contribution in [0.2, 0.25) is 0 Å². The number of esters is 2. The van der Waals surface area contributed by atoms with E-state index in [1.54, 1.807) is 19.9 Å². The summed E-state index contributed by atoms with van der Waals surface area (Å²) in [5, 5.41) is 34.5. The number of allylic oxidation sites excluding steroid dienone is 2. The molecule has 2 heterocycles. The van der Waals surface area contributed by atoms with Crippen LogP contribution in [0.3, 0.4) is 0 Å². The van der Waals surface area contributed by atoms with Gasteiger partial charge in [-0.25, -0.2) is 4.79 Å². The number of unbranched alkanes of at least 4 members (excludes halogenated alkanes) is 2. The van der Waals surface area contributed by atoms with Gasteiger partial charge >= 0.3 is 11.9 Å². The predicted molar refractivity (Wildman–Crippen MR) is 139 cm³/mol. The Hall–Kier alpha value is -2.33. The molecule has 2 bridgehead atoms. The standard InChI is InChI=1S/C30H40O9/c1-6-7-8-9-15(2)10-11-21(32)39-23-22-17(4)24(33)30(36)27-28(5)18(16(3)12-19(31)25(28)34)13-20(38-26(23)35)29(22,27)14-37-30/h10,12,18,20,22-25,27,33-34,36H,4,6-9,11,13-14H2,1-3,5H3/b15-10+/t18-,20+,22+,23+,24+,25+,27+,28+,29-,30+/m0/s1.